The van der Waals surface area contributed by atoms with Crippen LogP contribution in [0.15, 0.2) is 40.8 Å². The van der Waals surface area contributed by atoms with E-state index in [0.29, 0.717) is 15.6 Å². The number of hydrogen-bond acceptors (Lipinski definition) is 3. The van der Waals surface area contributed by atoms with E-state index in [-0.39, 0.29) is 5.91 Å². The van der Waals surface area contributed by atoms with Gasteiger partial charge >= 0.3 is 0 Å². The van der Waals surface area contributed by atoms with Gasteiger partial charge in [-0.25, -0.2) is 5.43 Å². The minimum Gasteiger partial charge on any atom is -0.267 e. The molecule has 1 aromatic carbocycles. The topological polar surface area (TPSA) is 41.5 Å². The molecule has 0 radical (unpaired) electrons. The number of benzene rings is 1. The highest BCUT2D eigenvalue weighted by molar-refractivity contribution is 7.12. The second-order valence-electron chi connectivity index (χ2n) is 3.74. The second kappa shape index (κ2) is 6.19. The van der Waals surface area contributed by atoms with E-state index in [9.17, 15) is 4.79 Å². The first-order valence-electron chi connectivity index (χ1n) is 5.41. The van der Waals surface area contributed by atoms with Crippen LogP contribution in [0, 0.1) is 0 Å². The lowest BCUT2D eigenvalue weighted by Gasteiger charge is -2.04. The van der Waals surface area contributed by atoms with Gasteiger partial charge in [-0.2, -0.15) is 5.10 Å². The number of amides is 1. The maximum atomic E-state index is 11.9. The lowest BCUT2D eigenvalue weighted by atomic mass is 10.2. The van der Waals surface area contributed by atoms with Crippen molar-refractivity contribution in [1.29, 1.82) is 0 Å². The number of rotatable bonds is 3. The van der Waals surface area contributed by atoms with Gasteiger partial charge in [0.25, 0.3) is 5.91 Å². The molecule has 1 amide bonds. The highest BCUT2D eigenvalue weighted by Gasteiger charge is 2.10. The van der Waals surface area contributed by atoms with Crippen LogP contribution in [-0.4, -0.2) is 11.6 Å². The summed E-state index contributed by atoms with van der Waals surface area (Å²) in [6, 6.07) is 8.57. The Balaban J connectivity index is 2.14. The van der Waals surface area contributed by atoms with Crippen LogP contribution in [0.1, 0.15) is 22.2 Å². The summed E-state index contributed by atoms with van der Waals surface area (Å²) in [5.74, 6) is -0.386. The van der Waals surface area contributed by atoms with E-state index in [1.807, 2.05) is 24.4 Å². The van der Waals surface area contributed by atoms with Crippen molar-refractivity contribution >= 4 is 46.2 Å². The molecule has 0 atom stereocenters. The number of carbonyl (C=O) groups excluding carboxylic acids is 1. The first kappa shape index (κ1) is 14.1. The fourth-order valence-corrected chi connectivity index (χ4v) is 2.46. The molecule has 0 fully saturated rings. The molecule has 2 aromatic rings. The molecule has 6 heteroatoms. The van der Waals surface area contributed by atoms with Gasteiger partial charge in [0, 0.05) is 9.90 Å². The molecule has 19 heavy (non-hydrogen) atoms. The zero-order valence-electron chi connectivity index (χ0n) is 9.98. The monoisotopic (exact) mass is 312 g/mol. The Morgan fingerprint density at radius 2 is 2.11 bits per heavy atom. The van der Waals surface area contributed by atoms with Crippen molar-refractivity contribution in [2.45, 2.75) is 6.92 Å². The van der Waals surface area contributed by atoms with Crippen molar-refractivity contribution < 1.29 is 4.79 Å². The first-order chi connectivity index (χ1) is 9.08. The Labute approximate surface area is 124 Å². The van der Waals surface area contributed by atoms with E-state index in [4.69, 9.17) is 23.2 Å². The van der Waals surface area contributed by atoms with E-state index in [1.54, 1.807) is 23.5 Å². The standard InChI is InChI=1S/C13H10Cl2N2OS/c1-8(12-3-2-6-19-12)16-17-13(18)10-7-9(14)4-5-11(10)15/h2-7H,1H3,(H,17,18)/b16-8-. The molecule has 0 bridgehead atoms. The molecule has 0 spiro atoms. The predicted molar refractivity (Wildman–Crippen MR) is 80.5 cm³/mol. The van der Waals surface area contributed by atoms with Crippen molar-refractivity contribution in [2.75, 3.05) is 0 Å². The predicted octanol–water partition coefficient (Wildman–Crippen LogP) is 4.21. The smallest absolute Gasteiger partial charge is 0.267 e. The zero-order valence-corrected chi connectivity index (χ0v) is 12.3. The average molecular weight is 313 g/mol. The zero-order chi connectivity index (χ0) is 13.8. The van der Waals surface area contributed by atoms with Crippen molar-refractivity contribution in [2.24, 2.45) is 5.10 Å². The van der Waals surface area contributed by atoms with Crippen LogP contribution in [0.2, 0.25) is 10.0 Å². The van der Waals surface area contributed by atoms with Gasteiger partial charge in [0.05, 0.1) is 16.3 Å². The summed E-state index contributed by atoms with van der Waals surface area (Å²) in [6.45, 7) is 1.83. The van der Waals surface area contributed by atoms with Gasteiger partial charge in [-0.15, -0.1) is 11.3 Å². The van der Waals surface area contributed by atoms with Gasteiger partial charge in [0.15, 0.2) is 0 Å². The van der Waals surface area contributed by atoms with E-state index >= 15 is 0 Å². The number of nitrogens with zero attached hydrogens (tertiary/aromatic N) is 1. The normalized spacial score (nSPS) is 11.4. The molecule has 0 aliphatic carbocycles. The molecular weight excluding hydrogens is 303 g/mol. The van der Waals surface area contributed by atoms with Crippen LogP contribution in [0.3, 0.4) is 0 Å². The van der Waals surface area contributed by atoms with Crippen LogP contribution in [0.25, 0.3) is 0 Å². The van der Waals surface area contributed by atoms with Gasteiger partial charge in [0.1, 0.15) is 0 Å². The Bertz CT molecular complexity index is 624. The third-order valence-corrected chi connectivity index (χ3v) is 3.92. The van der Waals surface area contributed by atoms with Crippen LogP contribution >= 0.6 is 34.5 Å². The van der Waals surface area contributed by atoms with Crippen molar-refractivity contribution in [3.05, 3.63) is 56.2 Å². The number of nitrogens with one attached hydrogen (secondary N) is 1. The fraction of sp³-hybridized carbons (Fsp3) is 0.0769. The summed E-state index contributed by atoms with van der Waals surface area (Å²) in [6.07, 6.45) is 0. The lowest BCUT2D eigenvalue weighted by Crippen LogP contribution is -2.19. The maximum absolute atomic E-state index is 11.9. The molecule has 1 aromatic heterocycles. The summed E-state index contributed by atoms with van der Waals surface area (Å²) < 4.78 is 0. The number of hydrogen-bond donors (Lipinski definition) is 1. The Morgan fingerprint density at radius 3 is 2.79 bits per heavy atom. The highest BCUT2D eigenvalue weighted by Crippen LogP contribution is 2.20. The van der Waals surface area contributed by atoms with Gasteiger partial charge in [-0.1, -0.05) is 29.3 Å². The Hall–Kier alpha value is -1.36. The molecule has 0 aliphatic heterocycles. The number of hydrazone groups is 1. The maximum Gasteiger partial charge on any atom is 0.272 e. The Kier molecular flexibility index (Phi) is 4.58. The molecule has 0 unspecified atom stereocenters. The second-order valence-corrected chi connectivity index (χ2v) is 5.53. The third kappa shape index (κ3) is 3.56. The van der Waals surface area contributed by atoms with Crippen LogP contribution in [0.5, 0.6) is 0 Å². The average Bonchev–Trinajstić information content (AvgIpc) is 2.92. The molecular formula is C13H10Cl2N2OS. The van der Waals surface area contributed by atoms with Gasteiger partial charge in [-0.3, -0.25) is 4.79 Å². The molecule has 0 saturated heterocycles. The minimum absolute atomic E-state index is 0.303. The minimum atomic E-state index is -0.386. The summed E-state index contributed by atoms with van der Waals surface area (Å²) >= 11 is 13.3. The van der Waals surface area contributed by atoms with Gasteiger partial charge < -0.3 is 0 Å². The van der Waals surface area contributed by atoms with Crippen molar-refractivity contribution in [1.82, 2.24) is 5.43 Å². The van der Waals surface area contributed by atoms with Crippen molar-refractivity contribution in [3.8, 4) is 0 Å². The SMILES string of the molecule is C/C(=N/NC(=O)c1cc(Cl)ccc1Cl)c1cccs1. The largest absolute Gasteiger partial charge is 0.272 e. The first-order valence-corrected chi connectivity index (χ1v) is 7.05. The quantitative estimate of drug-likeness (QED) is 0.669. The molecule has 0 saturated carbocycles. The summed E-state index contributed by atoms with van der Waals surface area (Å²) in [4.78, 5) is 12.9. The van der Waals surface area contributed by atoms with Crippen molar-refractivity contribution in [3.63, 3.8) is 0 Å². The number of carbonyl (C=O) groups is 1. The fourth-order valence-electron chi connectivity index (χ4n) is 1.41. The molecule has 98 valence electrons. The van der Waals surface area contributed by atoms with Crippen LogP contribution in [0.4, 0.5) is 0 Å². The van der Waals surface area contributed by atoms with E-state index in [2.05, 4.69) is 10.5 Å². The van der Waals surface area contributed by atoms with Gasteiger partial charge in [0.2, 0.25) is 0 Å². The summed E-state index contributed by atoms with van der Waals surface area (Å²) in [5.41, 5.74) is 3.51. The lowest BCUT2D eigenvalue weighted by molar-refractivity contribution is 0.0955. The molecule has 1 N–H and O–H groups in total. The van der Waals surface area contributed by atoms with E-state index in [1.165, 1.54) is 6.07 Å². The third-order valence-electron chi connectivity index (χ3n) is 2.38. The molecule has 3 nitrogen and oxygen atoms in total. The summed E-state index contributed by atoms with van der Waals surface area (Å²) in [7, 11) is 0. The van der Waals surface area contributed by atoms with Gasteiger partial charge in [-0.05, 0) is 36.6 Å². The summed E-state index contributed by atoms with van der Waals surface area (Å²) in [5, 5.41) is 6.78. The van der Waals surface area contributed by atoms with E-state index < -0.39 is 0 Å². The molecule has 1 heterocycles. The number of halogens is 2. The molecule has 2 rings (SSSR count). The highest BCUT2D eigenvalue weighted by atomic mass is 35.5. The molecule has 0 aliphatic rings. The van der Waals surface area contributed by atoms with Crippen LogP contribution < -0.4 is 5.43 Å². The van der Waals surface area contributed by atoms with Crippen LogP contribution in [-0.2, 0) is 0 Å². The Morgan fingerprint density at radius 1 is 1.32 bits per heavy atom. The number of thiophene rings is 1. The van der Waals surface area contributed by atoms with E-state index in [0.717, 1.165) is 10.6 Å².